The fourth-order valence-corrected chi connectivity index (χ4v) is 4.38. The minimum atomic E-state index is -1.18. The van der Waals surface area contributed by atoms with E-state index in [1.54, 1.807) is 24.3 Å². The van der Waals surface area contributed by atoms with Crippen molar-refractivity contribution >= 4 is 11.9 Å². The summed E-state index contributed by atoms with van der Waals surface area (Å²) < 4.78 is 0. The second kappa shape index (κ2) is 9.39. The molecule has 0 spiro atoms. The smallest absolute Gasteiger partial charge is 0.545 e. The van der Waals surface area contributed by atoms with Gasteiger partial charge in [-0.05, 0) is 55.8 Å². The van der Waals surface area contributed by atoms with Gasteiger partial charge in [-0.3, -0.25) is 9.69 Å². The second-order valence-electron chi connectivity index (χ2n) is 8.41. The Bertz CT molecular complexity index is 909. The molecular formula is C24H27LiN2O3. The Morgan fingerprint density at radius 1 is 1.13 bits per heavy atom. The molecule has 1 saturated heterocycles. The van der Waals surface area contributed by atoms with Crippen LogP contribution in [-0.4, -0.2) is 29.4 Å². The molecule has 4 rings (SSSR count). The molecule has 1 N–H and O–H groups in total. The first-order valence-electron chi connectivity index (χ1n) is 10.4. The number of nitrogens with zero attached hydrogens (tertiary/aromatic N) is 1. The number of carboxylic acid groups (broad SMARTS) is 1. The maximum Gasteiger partial charge on any atom is 1.00 e. The molecule has 1 aliphatic carbocycles. The maximum absolute atomic E-state index is 13.2. The molecule has 2 aliphatic rings. The van der Waals surface area contributed by atoms with Gasteiger partial charge in [0.05, 0.1) is 17.6 Å². The van der Waals surface area contributed by atoms with E-state index >= 15 is 0 Å². The molecule has 1 atom stereocenters. The number of carboxylic acids is 1. The van der Waals surface area contributed by atoms with Crippen LogP contribution >= 0.6 is 0 Å². The Labute approximate surface area is 190 Å². The first-order chi connectivity index (χ1) is 14.0. The van der Waals surface area contributed by atoms with Crippen molar-refractivity contribution < 1.29 is 33.6 Å². The van der Waals surface area contributed by atoms with Gasteiger partial charge in [0.1, 0.15) is 0 Å². The van der Waals surface area contributed by atoms with Crippen LogP contribution in [0.1, 0.15) is 59.2 Å². The fraction of sp³-hybridized carbons (Fsp3) is 0.417. The van der Waals surface area contributed by atoms with Crippen LogP contribution in [0, 0.1) is 6.92 Å². The van der Waals surface area contributed by atoms with Gasteiger partial charge in [-0.2, -0.15) is 0 Å². The van der Waals surface area contributed by atoms with Crippen molar-refractivity contribution in [2.75, 3.05) is 6.54 Å². The monoisotopic (exact) mass is 398 g/mol. The van der Waals surface area contributed by atoms with Crippen molar-refractivity contribution in [2.24, 2.45) is 0 Å². The summed E-state index contributed by atoms with van der Waals surface area (Å²) in [6.45, 7) is 3.80. The second-order valence-corrected chi connectivity index (χ2v) is 8.41. The molecule has 1 unspecified atom stereocenters. The zero-order valence-corrected chi connectivity index (χ0v) is 17.8. The summed E-state index contributed by atoms with van der Waals surface area (Å²) in [6, 6.07) is 15.1. The van der Waals surface area contributed by atoms with Gasteiger partial charge >= 0.3 is 18.9 Å². The number of carbonyl (C=O) groups excluding carboxylic acids is 2. The number of piperidine rings is 1. The average Bonchev–Trinajstić information content (AvgIpc) is 3.49. The molecule has 1 aliphatic heterocycles. The largest absolute Gasteiger partial charge is 1.00 e. The van der Waals surface area contributed by atoms with E-state index in [-0.39, 0.29) is 41.9 Å². The molecule has 6 heteroatoms. The Hall–Kier alpha value is -2.06. The Balaban J connectivity index is 0.00000256. The first kappa shape index (κ1) is 22.6. The van der Waals surface area contributed by atoms with Crippen LogP contribution in [0.25, 0.3) is 0 Å². The third-order valence-corrected chi connectivity index (χ3v) is 6.17. The third-order valence-electron chi connectivity index (χ3n) is 6.17. The van der Waals surface area contributed by atoms with Crippen molar-refractivity contribution in [1.29, 1.82) is 0 Å². The summed E-state index contributed by atoms with van der Waals surface area (Å²) >= 11 is 0. The van der Waals surface area contributed by atoms with Crippen LogP contribution in [0.2, 0.25) is 0 Å². The average molecular weight is 398 g/mol. The molecule has 1 heterocycles. The van der Waals surface area contributed by atoms with Crippen molar-refractivity contribution in [3.05, 3.63) is 70.8 Å². The number of hydrogen-bond acceptors (Lipinski definition) is 4. The predicted octanol–water partition coefficient (Wildman–Crippen LogP) is -0.477. The van der Waals surface area contributed by atoms with E-state index in [2.05, 4.69) is 41.4 Å². The van der Waals surface area contributed by atoms with E-state index in [1.165, 1.54) is 11.1 Å². The van der Waals surface area contributed by atoms with Gasteiger partial charge in [0, 0.05) is 6.54 Å². The number of amides is 1. The van der Waals surface area contributed by atoms with Crippen LogP contribution in [0.5, 0.6) is 0 Å². The van der Waals surface area contributed by atoms with E-state index in [9.17, 15) is 14.7 Å². The topological polar surface area (TPSA) is 72.5 Å². The van der Waals surface area contributed by atoms with Gasteiger partial charge in [0.25, 0.3) is 0 Å². The SMILES string of the molecule is Cc1cccc(CN2CCCCC2C(=O)NC2(c3ccc(C(=O)[O-])cc3)CC2)c1.[Li+]. The number of nitrogens with one attached hydrogen (secondary N) is 1. The molecule has 2 fully saturated rings. The molecule has 30 heavy (non-hydrogen) atoms. The van der Waals surface area contributed by atoms with Crippen molar-refractivity contribution in [1.82, 2.24) is 10.2 Å². The van der Waals surface area contributed by atoms with Crippen molar-refractivity contribution in [2.45, 2.75) is 57.2 Å². The molecule has 1 saturated carbocycles. The molecule has 2 aromatic rings. The molecule has 0 bridgehead atoms. The van der Waals surface area contributed by atoms with Crippen molar-refractivity contribution in [3.8, 4) is 0 Å². The first-order valence-corrected chi connectivity index (χ1v) is 10.4. The summed E-state index contributed by atoms with van der Waals surface area (Å²) in [7, 11) is 0. The molecule has 0 radical (unpaired) electrons. The molecule has 1 amide bonds. The summed E-state index contributed by atoms with van der Waals surface area (Å²) in [4.78, 5) is 26.5. The predicted molar refractivity (Wildman–Crippen MR) is 109 cm³/mol. The standard InChI is InChI=1S/C24H28N2O3.Li/c1-17-5-4-6-18(15-17)16-26-14-3-2-7-21(26)22(27)25-24(12-13-24)20-10-8-19(9-11-20)23(28)29;/h4-6,8-11,15,21H,2-3,7,12-14,16H2,1H3,(H,25,27)(H,28,29);/q;+1/p-1. The minimum Gasteiger partial charge on any atom is -0.545 e. The van der Waals surface area contributed by atoms with Crippen LogP contribution in [-0.2, 0) is 16.9 Å². The van der Waals surface area contributed by atoms with Crippen LogP contribution in [0.4, 0.5) is 0 Å². The van der Waals surface area contributed by atoms with Crippen LogP contribution in [0.15, 0.2) is 48.5 Å². The maximum atomic E-state index is 13.2. The summed E-state index contributed by atoms with van der Waals surface area (Å²) in [5, 5.41) is 14.3. The van der Waals surface area contributed by atoms with E-state index in [0.717, 1.165) is 50.8 Å². The van der Waals surface area contributed by atoms with Crippen LogP contribution < -0.4 is 29.3 Å². The van der Waals surface area contributed by atoms with Gasteiger partial charge in [-0.25, -0.2) is 0 Å². The normalized spacial score (nSPS) is 20.1. The summed E-state index contributed by atoms with van der Waals surface area (Å²) in [5.41, 5.74) is 3.25. The van der Waals surface area contributed by atoms with Crippen LogP contribution in [0.3, 0.4) is 0 Å². The Morgan fingerprint density at radius 3 is 2.50 bits per heavy atom. The Morgan fingerprint density at radius 2 is 1.87 bits per heavy atom. The quantitative estimate of drug-likeness (QED) is 0.668. The van der Waals surface area contributed by atoms with Gasteiger partial charge in [-0.1, -0.05) is 60.5 Å². The zero-order chi connectivity index (χ0) is 20.4. The van der Waals surface area contributed by atoms with Gasteiger partial charge < -0.3 is 15.2 Å². The summed E-state index contributed by atoms with van der Waals surface area (Å²) in [5.74, 6) is -1.10. The Kier molecular flexibility index (Phi) is 7.08. The zero-order valence-electron chi connectivity index (χ0n) is 17.8. The third kappa shape index (κ3) is 4.98. The minimum absolute atomic E-state index is 0. The van der Waals surface area contributed by atoms with Gasteiger partial charge in [0.2, 0.25) is 5.91 Å². The van der Waals surface area contributed by atoms with E-state index in [0.29, 0.717) is 0 Å². The number of benzene rings is 2. The van der Waals surface area contributed by atoms with E-state index in [1.807, 2.05) is 0 Å². The molecular weight excluding hydrogens is 371 g/mol. The molecule has 5 nitrogen and oxygen atoms in total. The molecule has 2 aromatic carbocycles. The number of aromatic carboxylic acids is 1. The fourth-order valence-electron chi connectivity index (χ4n) is 4.38. The van der Waals surface area contributed by atoms with E-state index < -0.39 is 5.97 Å². The number of rotatable bonds is 6. The number of carbonyl (C=O) groups is 2. The molecule has 0 aromatic heterocycles. The van der Waals surface area contributed by atoms with Gasteiger partial charge in [0.15, 0.2) is 0 Å². The van der Waals surface area contributed by atoms with Crippen molar-refractivity contribution in [3.63, 3.8) is 0 Å². The summed E-state index contributed by atoms with van der Waals surface area (Å²) in [6.07, 6.45) is 4.82. The van der Waals surface area contributed by atoms with Gasteiger partial charge in [-0.15, -0.1) is 0 Å². The molecule has 152 valence electrons. The van der Waals surface area contributed by atoms with E-state index in [4.69, 9.17) is 0 Å². The number of likely N-dealkylation sites (tertiary alicyclic amines) is 1. The number of hydrogen-bond donors (Lipinski definition) is 1. The number of aryl methyl sites for hydroxylation is 1.